The molecule has 0 bridgehead atoms. The molecule has 5 heteroatoms. The number of fused-ring (bicyclic) bond motifs is 2. The molecule has 0 aromatic heterocycles. The summed E-state index contributed by atoms with van der Waals surface area (Å²) in [5, 5.41) is 2.89. The van der Waals surface area contributed by atoms with Crippen molar-refractivity contribution >= 4 is 17.7 Å². The van der Waals surface area contributed by atoms with E-state index in [9.17, 15) is 9.59 Å². The van der Waals surface area contributed by atoms with Crippen LogP contribution in [0.4, 0.5) is 10.5 Å². The largest absolute Gasteiger partial charge is 0.463 e. The van der Waals surface area contributed by atoms with Gasteiger partial charge in [-0.15, -0.1) is 0 Å². The van der Waals surface area contributed by atoms with Crippen molar-refractivity contribution in [2.45, 2.75) is 51.9 Å². The minimum Gasteiger partial charge on any atom is -0.463 e. The highest BCUT2D eigenvalue weighted by Gasteiger charge is 2.25. The van der Waals surface area contributed by atoms with Gasteiger partial charge in [0.15, 0.2) is 6.61 Å². The van der Waals surface area contributed by atoms with Gasteiger partial charge in [-0.2, -0.15) is 0 Å². The third-order valence-electron chi connectivity index (χ3n) is 4.49. The lowest BCUT2D eigenvalue weighted by Gasteiger charge is -2.16. The second-order valence-corrected chi connectivity index (χ2v) is 6.16. The van der Waals surface area contributed by atoms with Crippen molar-refractivity contribution in [3.63, 3.8) is 0 Å². The summed E-state index contributed by atoms with van der Waals surface area (Å²) in [6, 6.07) is 2.31. The Bertz CT molecular complexity index is 592. The fourth-order valence-corrected chi connectivity index (χ4v) is 3.49. The van der Waals surface area contributed by atoms with Gasteiger partial charge in [0, 0.05) is 0 Å². The van der Waals surface area contributed by atoms with Gasteiger partial charge in [0.25, 0.3) is 0 Å². The predicted molar refractivity (Wildman–Crippen MR) is 86.7 cm³/mol. The molecular weight excluding hydrogens is 294 g/mol. The summed E-state index contributed by atoms with van der Waals surface area (Å²) in [6.45, 7) is 1.92. The van der Waals surface area contributed by atoms with Crippen LogP contribution in [0.5, 0.6) is 0 Å². The third kappa shape index (κ3) is 3.49. The lowest BCUT2D eigenvalue weighted by atomic mass is 9.99. The van der Waals surface area contributed by atoms with E-state index in [-0.39, 0.29) is 6.61 Å². The van der Waals surface area contributed by atoms with E-state index in [2.05, 4.69) is 11.4 Å². The number of anilines is 1. The molecule has 3 rings (SSSR count). The lowest BCUT2D eigenvalue weighted by Crippen LogP contribution is -2.21. The van der Waals surface area contributed by atoms with Crippen LogP contribution >= 0.6 is 0 Å². The van der Waals surface area contributed by atoms with Crippen molar-refractivity contribution in [1.29, 1.82) is 0 Å². The highest BCUT2D eigenvalue weighted by atomic mass is 16.6. The normalized spacial score (nSPS) is 15.0. The topological polar surface area (TPSA) is 64.6 Å². The Morgan fingerprint density at radius 3 is 2.30 bits per heavy atom. The van der Waals surface area contributed by atoms with E-state index in [0.717, 1.165) is 50.6 Å². The number of nitrogens with one attached hydrogen (secondary N) is 1. The van der Waals surface area contributed by atoms with Crippen molar-refractivity contribution in [1.82, 2.24) is 0 Å². The molecule has 0 atom stereocenters. The van der Waals surface area contributed by atoms with Crippen LogP contribution < -0.4 is 5.32 Å². The lowest BCUT2D eigenvalue weighted by molar-refractivity contribution is -0.146. The zero-order valence-corrected chi connectivity index (χ0v) is 13.6. The average Bonchev–Trinajstić information content (AvgIpc) is 3.19. The van der Waals surface area contributed by atoms with E-state index in [0.29, 0.717) is 6.61 Å². The number of aryl methyl sites for hydroxylation is 2. The van der Waals surface area contributed by atoms with Gasteiger partial charge in [-0.3, -0.25) is 5.32 Å². The molecule has 2 aliphatic rings. The molecule has 1 aromatic carbocycles. The van der Waals surface area contributed by atoms with Crippen LogP contribution in [0.25, 0.3) is 0 Å². The zero-order chi connectivity index (χ0) is 16.2. The molecule has 1 aromatic rings. The smallest absolute Gasteiger partial charge is 0.412 e. The van der Waals surface area contributed by atoms with Crippen LogP contribution in [0, 0.1) is 0 Å². The van der Waals surface area contributed by atoms with Crippen LogP contribution in [0.2, 0.25) is 0 Å². The quantitative estimate of drug-likeness (QED) is 0.847. The molecule has 0 heterocycles. The maximum atomic E-state index is 12.0. The number of hydrogen-bond donors (Lipinski definition) is 1. The van der Waals surface area contributed by atoms with E-state index >= 15 is 0 Å². The Morgan fingerprint density at radius 1 is 1.04 bits per heavy atom. The molecule has 23 heavy (non-hydrogen) atoms. The fraction of sp³-hybridized carbons (Fsp3) is 0.556. The van der Waals surface area contributed by atoms with Gasteiger partial charge in [0.05, 0.1) is 12.3 Å². The highest BCUT2D eigenvalue weighted by molar-refractivity contribution is 5.89. The van der Waals surface area contributed by atoms with Crippen molar-refractivity contribution < 1.29 is 19.1 Å². The number of carbonyl (C=O) groups excluding carboxylic acids is 2. The van der Waals surface area contributed by atoms with Gasteiger partial charge in [0.1, 0.15) is 0 Å². The molecule has 124 valence electrons. The van der Waals surface area contributed by atoms with Crippen LogP contribution in [-0.4, -0.2) is 25.3 Å². The van der Waals surface area contributed by atoms with Gasteiger partial charge < -0.3 is 9.47 Å². The summed E-state index contributed by atoms with van der Waals surface area (Å²) in [6.07, 6.45) is 6.59. The Morgan fingerprint density at radius 2 is 1.70 bits per heavy atom. The molecule has 0 saturated heterocycles. The molecule has 5 nitrogen and oxygen atoms in total. The Balaban J connectivity index is 1.66. The first-order chi connectivity index (χ1) is 11.2. The molecule has 0 radical (unpaired) electrons. The summed E-state index contributed by atoms with van der Waals surface area (Å²) < 4.78 is 9.90. The minimum absolute atomic E-state index is 0.344. The standard InChI is InChI=1S/C18H23NO4/c1-2-9-22-16(20)11-23-18(21)19-17-14-7-3-5-12(14)10-13-6-4-8-15(13)17/h10H,2-9,11H2,1H3,(H,19,21). The van der Waals surface area contributed by atoms with Gasteiger partial charge in [-0.05, 0) is 67.2 Å². The molecule has 0 saturated carbocycles. The van der Waals surface area contributed by atoms with Crippen LogP contribution in [0.1, 0.15) is 48.4 Å². The maximum Gasteiger partial charge on any atom is 0.412 e. The number of esters is 1. The molecule has 2 aliphatic carbocycles. The molecule has 0 fully saturated rings. The molecule has 0 unspecified atom stereocenters. The monoisotopic (exact) mass is 317 g/mol. The average molecular weight is 317 g/mol. The van der Waals surface area contributed by atoms with Gasteiger partial charge in [-0.1, -0.05) is 13.0 Å². The number of amides is 1. The first kappa shape index (κ1) is 15.8. The van der Waals surface area contributed by atoms with Crippen LogP contribution in [0.3, 0.4) is 0 Å². The summed E-state index contributed by atoms with van der Waals surface area (Å²) >= 11 is 0. The third-order valence-corrected chi connectivity index (χ3v) is 4.49. The number of ether oxygens (including phenoxy) is 2. The Hall–Kier alpha value is -2.04. The zero-order valence-electron chi connectivity index (χ0n) is 13.6. The number of benzene rings is 1. The van der Waals surface area contributed by atoms with E-state index in [1.807, 2.05) is 6.92 Å². The van der Waals surface area contributed by atoms with E-state index in [1.165, 1.54) is 22.3 Å². The molecule has 0 aliphatic heterocycles. The van der Waals surface area contributed by atoms with Crippen molar-refractivity contribution in [2.75, 3.05) is 18.5 Å². The van der Waals surface area contributed by atoms with Crippen LogP contribution in [0.15, 0.2) is 6.07 Å². The summed E-state index contributed by atoms with van der Waals surface area (Å²) in [5.74, 6) is -0.509. The van der Waals surface area contributed by atoms with Gasteiger partial charge in [0.2, 0.25) is 0 Å². The maximum absolute atomic E-state index is 12.0. The van der Waals surface area contributed by atoms with Gasteiger partial charge >= 0.3 is 12.1 Å². The van der Waals surface area contributed by atoms with Crippen molar-refractivity contribution in [3.8, 4) is 0 Å². The Kier molecular flexibility index (Phi) is 4.84. The summed E-state index contributed by atoms with van der Waals surface area (Å²) in [7, 11) is 0. The first-order valence-electron chi connectivity index (χ1n) is 8.45. The van der Waals surface area contributed by atoms with E-state index in [4.69, 9.17) is 9.47 Å². The molecule has 1 N–H and O–H groups in total. The summed E-state index contributed by atoms with van der Waals surface area (Å²) in [5.41, 5.74) is 6.12. The fourth-order valence-electron chi connectivity index (χ4n) is 3.49. The van der Waals surface area contributed by atoms with Crippen LogP contribution in [-0.2, 0) is 40.0 Å². The molecule has 1 amide bonds. The molecular formula is C18H23NO4. The van der Waals surface area contributed by atoms with E-state index < -0.39 is 12.1 Å². The molecule has 0 spiro atoms. The van der Waals surface area contributed by atoms with E-state index in [1.54, 1.807) is 0 Å². The highest BCUT2D eigenvalue weighted by Crippen LogP contribution is 2.38. The van der Waals surface area contributed by atoms with Crippen molar-refractivity contribution in [3.05, 3.63) is 28.3 Å². The predicted octanol–water partition coefficient (Wildman–Crippen LogP) is 3.17. The Labute approximate surface area is 136 Å². The van der Waals surface area contributed by atoms with Gasteiger partial charge in [-0.25, -0.2) is 9.59 Å². The number of rotatable bonds is 5. The number of hydrogen-bond acceptors (Lipinski definition) is 4. The first-order valence-corrected chi connectivity index (χ1v) is 8.45. The SMILES string of the molecule is CCCOC(=O)COC(=O)Nc1c2c(cc3c1CCC3)CCC2. The second-order valence-electron chi connectivity index (χ2n) is 6.16. The second kappa shape index (κ2) is 7.02. The summed E-state index contributed by atoms with van der Waals surface area (Å²) in [4.78, 5) is 23.5. The number of carbonyl (C=O) groups is 2. The van der Waals surface area contributed by atoms with Crippen molar-refractivity contribution in [2.24, 2.45) is 0 Å². The minimum atomic E-state index is -0.576.